The highest BCUT2D eigenvalue weighted by Crippen LogP contribution is 2.17. The van der Waals surface area contributed by atoms with Crippen molar-refractivity contribution in [3.8, 4) is 5.88 Å². The molecule has 78 valence electrons. The molecule has 0 aromatic carbocycles. The van der Waals surface area contributed by atoms with E-state index in [0.717, 1.165) is 0 Å². The van der Waals surface area contributed by atoms with Gasteiger partial charge in [-0.1, -0.05) is 4.98 Å². The van der Waals surface area contributed by atoms with Crippen molar-refractivity contribution < 1.29 is 9.47 Å². The Labute approximate surface area is 85.1 Å². The minimum atomic E-state index is -0.202. The Morgan fingerprint density at radius 3 is 2.93 bits per heavy atom. The van der Waals surface area contributed by atoms with Crippen LogP contribution in [-0.2, 0) is 0 Å². The van der Waals surface area contributed by atoms with Gasteiger partial charge in [0.25, 0.3) is 5.65 Å². The largest absolute Gasteiger partial charge is 0.754 e. The van der Waals surface area contributed by atoms with E-state index < -0.39 is 0 Å². The zero-order valence-electron chi connectivity index (χ0n) is 8.04. The number of aromatic nitrogens is 4. The van der Waals surface area contributed by atoms with Gasteiger partial charge in [0, 0.05) is 0 Å². The highest BCUT2D eigenvalue weighted by molar-refractivity contribution is 5.72. The second kappa shape index (κ2) is 3.52. The molecular weight excluding hydrogens is 198 g/mol. The third-order valence-electron chi connectivity index (χ3n) is 1.78. The van der Waals surface area contributed by atoms with Gasteiger partial charge in [-0.25, -0.2) is 9.71 Å². The van der Waals surface area contributed by atoms with Crippen molar-refractivity contribution >= 4 is 17.1 Å². The molecule has 0 aliphatic carbocycles. The van der Waals surface area contributed by atoms with E-state index in [1.807, 2.05) is 0 Å². The van der Waals surface area contributed by atoms with Crippen LogP contribution in [-0.4, -0.2) is 21.6 Å². The highest BCUT2D eigenvalue weighted by atomic mass is 16.5. The zero-order valence-corrected chi connectivity index (χ0v) is 8.04. The molecular formula is C8H9N5O2. The molecule has 0 fully saturated rings. The van der Waals surface area contributed by atoms with Crippen LogP contribution in [0.4, 0.5) is 5.95 Å². The Morgan fingerprint density at radius 2 is 2.20 bits per heavy atom. The molecule has 2 heterocycles. The fraction of sp³-hybridized carbons (Fsp3) is 0.250. The Hall–Kier alpha value is -2.18. The molecule has 0 saturated carbocycles. The fourth-order valence-corrected chi connectivity index (χ4v) is 1.18. The summed E-state index contributed by atoms with van der Waals surface area (Å²) < 4.78 is 5.63. The van der Waals surface area contributed by atoms with Gasteiger partial charge in [0.05, 0.1) is 12.8 Å². The number of nitrogen functional groups attached to an aromatic ring is 1. The molecule has 0 atom stereocenters. The third-order valence-corrected chi connectivity index (χ3v) is 1.78. The van der Waals surface area contributed by atoms with Gasteiger partial charge in [0.2, 0.25) is 5.52 Å². The number of fused-ring (bicyclic) bond motifs is 1. The summed E-state index contributed by atoms with van der Waals surface area (Å²) in [5.74, 6) is 0.0247. The summed E-state index contributed by atoms with van der Waals surface area (Å²) in [6.07, 6.45) is 2.87. The van der Waals surface area contributed by atoms with Crippen molar-refractivity contribution in [3.05, 3.63) is 17.6 Å². The van der Waals surface area contributed by atoms with E-state index in [1.54, 1.807) is 6.92 Å². The quantitative estimate of drug-likeness (QED) is 0.533. The lowest BCUT2D eigenvalue weighted by Gasteiger charge is -2.09. The normalized spacial score (nSPS) is 10.5. The van der Waals surface area contributed by atoms with Crippen molar-refractivity contribution in [2.75, 3.05) is 12.3 Å². The van der Waals surface area contributed by atoms with Crippen LogP contribution >= 0.6 is 0 Å². The van der Waals surface area contributed by atoms with Gasteiger partial charge in [-0.3, -0.25) is 0 Å². The van der Waals surface area contributed by atoms with Crippen LogP contribution in [0, 0.1) is 5.21 Å². The van der Waals surface area contributed by atoms with Crippen LogP contribution in [0.2, 0.25) is 0 Å². The van der Waals surface area contributed by atoms with Crippen molar-refractivity contribution in [1.29, 1.82) is 0 Å². The summed E-state index contributed by atoms with van der Waals surface area (Å²) in [6.45, 7) is 2.22. The first-order valence-corrected chi connectivity index (χ1v) is 4.36. The summed E-state index contributed by atoms with van der Waals surface area (Å²) in [7, 11) is 0. The van der Waals surface area contributed by atoms with E-state index in [4.69, 9.17) is 10.5 Å². The van der Waals surface area contributed by atoms with E-state index in [9.17, 15) is 5.21 Å². The van der Waals surface area contributed by atoms with Gasteiger partial charge < -0.3 is 15.7 Å². The van der Waals surface area contributed by atoms with Crippen LogP contribution in [0.5, 0.6) is 5.88 Å². The molecule has 0 amide bonds. The molecule has 0 aliphatic heterocycles. The standard InChI is InChI=1S/C8H9N5O2/c1-2-15-7-5-6(11-4-3-10-5)13(14)8(9)12-7/h3-4H,2H2,1H3,(H2,9,12). The molecule has 0 radical (unpaired) electrons. The predicted octanol–water partition coefficient (Wildman–Crippen LogP) is -0.361. The number of hydrogen-bond acceptors (Lipinski definition) is 6. The number of hydrogen-bond donors (Lipinski definition) is 1. The van der Waals surface area contributed by atoms with E-state index in [1.165, 1.54) is 12.4 Å². The number of nitrogens with two attached hydrogens (primary N) is 1. The molecule has 0 saturated heterocycles. The maximum atomic E-state index is 11.5. The summed E-state index contributed by atoms with van der Waals surface area (Å²) in [4.78, 5) is 11.6. The van der Waals surface area contributed by atoms with E-state index in [2.05, 4.69) is 15.0 Å². The van der Waals surface area contributed by atoms with Gasteiger partial charge in [-0.2, -0.15) is 0 Å². The monoisotopic (exact) mass is 207 g/mol. The molecule has 2 N–H and O–H groups in total. The third kappa shape index (κ3) is 1.47. The first-order chi connectivity index (χ1) is 7.24. The number of ether oxygens (including phenoxy) is 1. The minimum Gasteiger partial charge on any atom is -0.754 e. The van der Waals surface area contributed by atoms with Crippen molar-refractivity contribution in [2.24, 2.45) is 0 Å². The van der Waals surface area contributed by atoms with Crippen LogP contribution in [0.25, 0.3) is 11.2 Å². The first kappa shape index (κ1) is 9.38. The van der Waals surface area contributed by atoms with E-state index in [-0.39, 0.29) is 17.5 Å². The average molecular weight is 207 g/mol. The topological polar surface area (TPSA) is 101 Å². The van der Waals surface area contributed by atoms with E-state index >= 15 is 0 Å². The Balaban J connectivity index is 2.76. The van der Waals surface area contributed by atoms with Gasteiger partial charge in [0.15, 0.2) is 0 Å². The van der Waals surface area contributed by atoms with Crippen LogP contribution in [0.1, 0.15) is 6.92 Å². The second-order valence-electron chi connectivity index (χ2n) is 2.73. The SMILES string of the molecule is CCOc1nc(N)[n+]([O-])c2nccnc12. The Morgan fingerprint density at radius 1 is 1.47 bits per heavy atom. The molecule has 15 heavy (non-hydrogen) atoms. The van der Waals surface area contributed by atoms with Crippen LogP contribution in [0.3, 0.4) is 0 Å². The maximum absolute atomic E-state index is 11.5. The Kier molecular flexibility index (Phi) is 2.20. The predicted molar refractivity (Wildman–Crippen MR) is 51.9 cm³/mol. The van der Waals surface area contributed by atoms with Crippen molar-refractivity contribution in [1.82, 2.24) is 15.0 Å². The summed E-state index contributed by atoms with van der Waals surface area (Å²) in [6, 6.07) is 0. The van der Waals surface area contributed by atoms with Gasteiger partial charge in [0.1, 0.15) is 6.20 Å². The lowest BCUT2D eigenvalue weighted by Crippen LogP contribution is -2.34. The number of anilines is 1. The molecule has 7 heteroatoms. The lowest BCUT2D eigenvalue weighted by atomic mass is 10.5. The first-order valence-electron chi connectivity index (χ1n) is 4.36. The number of rotatable bonds is 2. The molecule has 0 bridgehead atoms. The van der Waals surface area contributed by atoms with Crippen LogP contribution < -0.4 is 15.2 Å². The molecule has 2 aromatic heterocycles. The summed E-state index contributed by atoms with van der Waals surface area (Å²) >= 11 is 0. The fourth-order valence-electron chi connectivity index (χ4n) is 1.18. The van der Waals surface area contributed by atoms with Gasteiger partial charge in [-0.05, 0) is 6.92 Å². The van der Waals surface area contributed by atoms with E-state index in [0.29, 0.717) is 16.9 Å². The molecule has 2 aromatic rings. The summed E-state index contributed by atoms with van der Waals surface area (Å²) in [5, 5.41) is 11.5. The van der Waals surface area contributed by atoms with Gasteiger partial charge >= 0.3 is 11.8 Å². The maximum Gasteiger partial charge on any atom is 0.347 e. The average Bonchev–Trinajstić information content (AvgIpc) is 2.26. The summed E-state index contributed by atoms with van der Waals surface area (Å²) in [5.41, 5.74) is 5.82. The molecule has 0 unspecified atom stereocenters. The Bertz CT molecular complexity index is 502. The second-order valence-corrected chi connectivity index (χ2v) is 2.73. The number of nitrogens with zero attached hydrogens (tertiary/aromatic N) is 4. The molecule has 0 spiro atoms. The lowest BCUT2D eigenvalue weighted by molar-refractivity contribution is -0.566. The molecule has 7 nitrogen and oxygen atoms in total. The van der Waals surface area contributed by atoms with Crippen molar-refractivity contribution in [2.45, 2.75) is 6.92 Å². The highest BCUT2D eigenvalue weighted by Gasteiger charge is 2.15. The zero-order chi connectivity index (χ0) is 10.8. The van der Waals surface area contributed by atoms with Crippen molar-refractivity contribution in [3.63, 3.8) is 0 Å². The smallest absolute Gasteiger partial charge is 0.347 e. The molecule has 0 aliphatic rings. The van der Waals surface area contributed by atoms with Gasteiger partial charge in [-0.15, -0.1) is 4.98 Å². The van der Waals surface area contributed by atoms with Crippen LogP contribution in [0.15, 0.2) is 12.4 Å². The minimum absolute atomic E-state index is 0.105. The molecule has 2 rings (SSSR count).